The summed E-state index contributed by atoms with van der Waals surface area (Å²) >= 11 is 0. The van der Waals surface area contributed by atoms with Crippen molar-refractivity contribution in [3.05, 3.63) is 23.0 Å². The van der Waals surface area contributed by atoms with Crippen LogP contribution in [-0.4, -0.2) is 23.1 Å². The number of hydrogen-bond acceptors (Lipinski definition) is 2. The topological polar surface area (TPSA) is 31.2 Å². The zero-order chi connectivity index (χ0) is 12.3. The van der Waals surface area contributed by atoms with Crippen molar-refractivity contribution < 1.29 is 9.53 Å². The summed E-state index contributed by atoms with van der Waals surface area (Å²) in [5.74, 6) is 0.0708. The summed E-state index contributed by atoms with van der Waals surface area (Å²) in [5.41, 5.74) is 2.89. The number of aryl methyl sites for hydroxylation is 1. The van der Waals surface area contributed by atoms with Gasteiger partial charge in [0.05, 0.1) is 6.10 Å². The maximum atomic E-state index is 11.9. The summed E-state index contributed by atoms with van der Waals surface area (Å²) in [6, 6.07) is 1.93. The number of Topliss-reactive ketones (excluding diaryl/α,β-unsaturated/α-hetero) is 1. The normalized spacial score (nSPS) is 12.8. The number of ether oxygens (including phenoxy) is 1. The molecule has 0 amide bonds. The zero-order valence-electron chi connectivity index (χ0n) is 10.8. The van der Waals surface area contributed by atoms with E-state index in [0.29, 0.717) is 0 Å². The highest BCUT2D eigenvalue weighted by Crippen LogP contribution is 2.14. The van der Waals surface area contributed by atoms with E-state index < -0.39 is 0 Å². The van der Waals surface area contributed by atoms with Gasteiger partial charge in [-0.1, -0.05) is 6.92 Å². The number of nitrogens with zero attached hydrogens (tertiary/aromatic N) is 1. The molecule has 0 radical (unpaired) electrons. The summed E-state index contributed by atoms with van der Waals surface area (Å²) in [6.45, 7) is 8.17. The molecule has 0 fully saturated rings. The predicted molar refractivity (Wildman–Crippen MR) is 64.9 cm³/mol. The van der Waals surface area contributed by atoms with Crippen molar-refractivity contribution in [2.24, 2.45) is 7.05 Å². The molecule has 3 heteroatoms. The molecule has 1 aromatic rings. The van der Waals surface area contributed by atoms with Crippen LogP contribution in [0, 0.1) is 13.8 Å². The maximum Gasteiger partial charge on any atom is 0.190 e. The number of ketones is 1. The molecule has 1 atom stereocenters. The molecule has 90 valence electrons. The highest BCUT2D eigenvalue weighted by atomic mass is 16.5. The van der Waals surface area contributed by atoms with Gasteiger partial charge in [0.2, 0.25) is 0 Å². The average Bonchev–Trinajstić information content (AvgIpc) is 2.53. The monoisotopic (exact) mass is 223 g/mol. The third kappa shape index (κ3) is 2.73. The van der Waals surface area contributed by atoms with Gasteiger partial charge in [0.1, 0.15) is 6.61 Å². The van der Waals surface area contributed by atoms with Crippen LogP contribution in [0.1, 0.15) is 42.0 Å². The van der Waals surface area contributed by atoms with Gasteiger partial charge in [-0.25, -0.2) is 0 Å². The van der Waals surface area contributed by atoms with E-state index in [1.54, 1.807) is 0 Å². The number of carbonyl (C=O) groups excluding carboxylic acids is 1. The lowest BCUT2D eigenvalue weighted by Crippen LogP contribution is -2.15. The van der Waals surface area contributed by atoms with Crippen LogP contribution in [0.3, 0.4) is 0 Å². The van der Waals surface area contributed by atoms with E-state index in [0.717, 1.165) is 23.4 Å². The van der Waals surface area contributed by atoms with Crippen LogP contribution in [-0.2, 0) is 11.8 Å². The van der Waals surface area contributed by atoms with Crippen LogP contribution in [0.5, 0.6) is 0 Å². The molecule has 1 aromatic heterocycles. The summed E-state index contributed by atoms with van der Waals surface area (Å²) in [5, 5.41) is 0. The van der Waals surface area contributed by atoms with Crippen LogP contribution < -0.4 is 0 Å². The molecule has 0 aliphatic heterocycles. The van der Waals surface area contributed by atoms with Gasteiger partial charge in [0.25, 0.3) is 0 Å². The Labute approximate surface area is 97.4 Å². The Balaban J connectivity index is 2.70. The first-order chi connectivity index (χ1) is 7.47. The molecule has 3 nitrogen and oxygen atoms in total. The molecule has 0 N–H and O–H groups in total. The van der Waals surface area contributed by atoms with Crippen LogP contribution in [0.2, 0.25) is 0 Å². The molecule has 1 unspecified atom stereocenters. The molecule has 0 spiro atoms. The van der Waals surface area contributed by atoms with Gasteiger partial charge < -0.3 is 9.30 Å². The Hall–Kier alpha value is -1.09. The largest absolute Gasteiger partial charge is 0.370 e. The lowest BCUT2D eigenvalue weighted by molar-refractivity contribution is 0.0511. The third-order valence-electron chi connectivity index (χ3n) is 3.15. The molecule has 0 aliphatic carbocycles. The highest BCUT2D eigenvalue weighted by molar-refractivity contribution is 5.98. The molecule has 1 heterocycles. The standard InChI is InChI=1S/C13H21NO2/c1-6-10(3)16-8-13(15)12-7-9(2)14(5)11(12)4/h7,10H,6,8H2,1-5H3. The van der Waals surface area contributed by atoms with E-state index in [4.69, 9.17) is 4.74 Å². The van der Waals surface area contributed by atoms with E-state index in [2.05, 4.69) is 0 Å². The first kappa shape index (κ1) is 13.0. The van der Waals surface area contributed by atoms with Crippen molar-refractivity contribution in [3.63, 3.8) is 0 Å². The van der Waals surface area contributed by atoms with Gasteiger partial charge in [-0.3, -0.25) is 4.79 Å². The lowest BCUT2D eigenvalue weighted by atomic mass is 10.1. The van der Waals surface area contributed by atoms with Gasteiger partial charge in [-0.05, 0) is 33.3 Å². The minimum absolute atomic E-state index is 0.0708. The minimum Gasteiger partial charge on any atom is -0.370 e. The van der Waals surface area contributed by atoms with Gasteiger partial charge in [0, 0.05) is 24.0 Å². The van der Waals surface area contributed by atoms with E-state index in [1.165, 1.54) is 0 Å². The molecule has 0 aliphatic rings. The zero-order valence-corrected chi connectivity index (χ0v) is 10.8. The van der Waals surface area contributed by atoms with Crippen LogP contribution in [0.15, 0.2) is 6.07 Å². The Kier molecular flexibility index (Phi) is 4.30. The molecule has 0 saturated carbocycles. The second kappa shape index (κ2) is 5.30. The molecule has 0 aromatic carbocycles. The number of carbonyl (C=O) groups is 1. The van der Waals surface area contributed by atoms with Crippen molar-refractivity contribution in [2.45, 2.75) is 40.2 Å². The fourth-order valence-corrected chi connectivity index (χ4v) is 1.55. The van der Waals surface area contributed by atoms with Crippen molar-refractivity contribution in [2.75, 3.05) is 6.61 Å². The quantitative estimate of drug-likeness (QED) is 0.719. The number of rotatable bonds is 5. The fraction of sp³-hybridized carbons (Fsp3) is 0.615. The number of hydrogen-bond donors (Lipinski definition) is 0. The van der Waals surface area contributed by atoms with Crippen molar-refractivity contribution >= 4 is 5.78 Å². The summed E-state index contributed by atoms with van der Waals surface area (Å²) in [7, 11) is 1.97. The first-order valence-corrected chi connectivity index (χ1v) is 5.75. The van der Waals surface area contributed by atoms with Crippen molar-refractivity contribution in [1.29, 1.82) is 0 Å². The maximum absolute atomic E-state index is 11.9. The second-order valence-electron chi connectivity index (χ2n) is 4.30. The number of aromatic nitrogens is 1. The average molecular weight is 223 g/mol. The van der Waals surface area contributed by atoms with E-state index >= 15 is 0 Å². The van der Waals surface area contributed by atoms with Crippen LogP contribution >= 0.6 is 0 Å². The fourth-order valence-electron chi connectivity index (χ4n) is 1.55. The summed E-state index contributed by atoms with van der Waals surface area (Å²) < 4.78 is 7.48. The summed E-state index contributed by atoms with van der Waals surface area (Å²) in [4.78, 5) is 11.9. The van der Waals surface area contributed by atoms with Gasteiger partial charge >= 0.3 is 0 Å². The third-order valence-corrected chi connectivity index (χ3v) is 3.15. The summed E-state index contributed by atoms with van der Waals surface area (Å²) in [6.07, 6.45) is 1.08. The molecule has 0 saturated heterocycles. The van der Waals surface area contributed by atoms with Crippen molar-refractivity contribution in [1.82, 2.24) is 4.57 Å². The molecule has 16 heavy (non-hydrogen) atoms. The Morgan fingerprint density at radius 1 is 1.50 bits per heavy atom. The predicted octanol–water partition coefficient (Wildman–Crippen LogP) is 2.64. The van der Waals surface area contributed by atoms with Gasteiger partial charge in [-0.15, -0.1) is 0 Å². The SMILES string of the molecule is CCC(C)OCC(=O)c1cc(C)n(C)c1C. The lowest BCUT2D eigenvalue weighted by Gasteiger charge is -2.09. The van der Waals surface area contributed by atoms with E-state index in [9.17, 15) is 4.79 Å². The smallest absolute Gasteiger partial charge is 0.190 e. The Morgan fingerprint density at radius 2 is 2.12 bits per heavy atom. The minimum atomic E-state index is 0.0708. The Bertz CT molecular complexity index is 380. The second-order valence-corrected chi connectivity index (χ2v) is 4.30. The van der Waals surface area contributed by atoms with Crippen molar-refractivity contribution in [3.8, 4) is 0 Å². The van der Waals surface area contributed by atoms with E-state index in [1.807, 2.05) is 45.4 Å². The molecule has 1 rings (SSSR count). The molecular weight excluding hydrogens is 202 g/mol. The van der Waals surface area contributed by atoms with Crippen LogP contribution in [0.25, 0.3) is 0 Å². The van der Waals surface area contributed by atoms with E-state index in [-0.39, 0.29) is 18.5 Å². The molecular formula is C13H21NO2. The van der Waals surface area contributed by atoms with Crippen LogP contribution in [0.4, 0.5) is 0 Å². The van der Waals surface area contributed by atoms with Gasteiger partial charge in [-0.2, -0.15) is 0 Å². The Morgan fingerprint density at radius 3 is 2.56 bits per heavy atom. The van der Waals surface area contributed by atoms with Gasteiger partial charge in [0.15, 0.2) is 5.78 Å². The highest BCUT2D eigenvalue weighted by Gasteiger charge is 2.14. The molecule has 0 bridgehead atoms. The first-order valence-electron chi connectivity index (χ1n) is 5.75.